The van der Waals surface area contributed by atoms with Crippen molar-refractivity contribution in [3.05, 3.63) is 50.8 Å². The molecule has 3 aromatic rings. The number of phenols is 2. The van der Waals surface area contributed by atoms with Gasteiger partial charge in [-0.1, -0.05) is 13.8 Å². The van der Waals surface area contributed by atoms with Crippen molar-refractivity contribution in [3.63, 3.8) is 0 Å². The van der Waals surface area contributed by atoms with Crippen LogP contribution in [0.4, 0.5) is 0 Å². The number of aliphatic hydroxyl groups is 1. The van der Waals surface area contributed by atoms with Crippen LogP contribution in [0.25, 0.3) is 22.3 Å². The second kappa shape index (κ2) is 6.06. The highest BCUT2D eigenvalue weighted by Crippen LogP contribution is 2.42. The van der Waals surface area contributed by atoms with Crippen molar-refractivity contribution < 1.29 is 24.9 Å². The van der Waals surface area contributed by atoms with Gasteiger partial charge in [0.25, 0.3) is 5.56 Å². The SMILES string of the molecule is CCc1c2c(nc3cc(O)cc(O)c13)-c1cc3c(c(=O)n1C2)COC(=O)[C@]3(O)CC. The molecular weight excluding hydrogens is 388 g/mol. The first-order valence-electron chi connectivity index (χ1n) is 9.84. The number of carbonyl (C=O) groups excluding carboxylic acids is 1. The number of ether oxygens (including phenoxy) is 1. The van der Waals surface area contributed by atoms with Crippen LogP contribution in [0.5, 0.6) is 11.5 Å². The fourth-order valence-electron chi connectivity index (χ4n) is 4.66. The molecule has 4 heterocycles. The van der Waals surface area contributed by atoms with E-state index in [-0.39, 0.29) is 47.8 Å². The normalized spacial score (nSPS) is 19.4. The van der Waals surface area contributed by atoms with Crippen molar-refractivity contribution in [3.8, 4) is 22.9 Å². The van der Waals surface area contributed by atoms with Gasteiger partial charge in [0, 0.05) is 28.6 Å². The van der Waals surface area contributed by atoms with E-state index >= 15 is 0 Å². The highest BCUT2D eigenvalue weighted by atomic mass is 16.6. The van der Waals surface area contributed by atoms with Crippen molar-refractivity contribution >= 4 is 16.9 Å². The predicted molar refractivity (Wildman–Crippen MR) is 107 cm³/mol. The first kappa shape index (κ1) is 18.6. The first-order chi connectivity index (χ1) is 14.3. The number of benzene rings is 1. The number of cyclic esters (lactones) is 1. The van der Waals surface area contributed by atoms with Crippen LogP contribution in [0.15, 0.2) is 23.0 Å². The molecule has 0 unspecified atom stereocenters. The summed E-state index contributed by atoms with van der Waals surface area (Å²) in [5, 5.41) is 31.8. The molecule has 0 bridgehead atoms. The molecule has 0 radical (unpaired) electrons. The van der Waals surface area contributed by atoms with Gasteiger partial charge in [0.15, 0.2) is 5.60 Å². The van der Waals surface area contributed by atoms with Crippen LogP contribution in [0.3, 0.4) is 0 Å². The number of nitrogens with zero attached hydrogens (tertiary/aromatic N) is 2. The second-order valence-corrected chi connectivity index (χ2v) is 7.73. The zero-order valence-electron chi connectivity index (χ0n) is 16.5. The smallest absolute Gasteiger partial charge is 0.343 e. The van der Waals surface area contributed by atoms with E-state index in [4.69, 9.17) is 4.74 Å². The van der Waals surface area contributed by atoms with Gasteiger partial charge < -0.3 is 24.6 Å². The molecule has 0 spiro atoms. The Morgan fingerprint density at radius 3 is 2.63 bits per heavy atom. The lowest BCUT2D eigenvalue weighted by Crippen LogP contribution is -2.44. The summed E-state index contributed by atoms with van der Waals surface area (Å²) in [6.07, 6.45) is 0.657. The molecule has 8 nitrogen and oxygen atoms in total. The first-order valence-corrected chi connectivity index (χ1v) is 9.84. The molecule has 0 amide bonds. The van der Waals surface area contributed by atoms with E-state index < -0.39 is 11.6 Å². The topological polar surface area (TPSA) is 122 Å². The molecule has 8 heteroatoms. The lowest BCUT2D eigenvalue weighted by molar-refractivity contribution is -0.172. The zero-order chi connectivity index (χ0) is 21.4. The van der Waals surface area contributed by atoms with Crippen molar-refractivity contribution in [2.75, 3.05) is 0 Å². The van der Waals surface area contributed by atoms with E-state index in [2.05, 4.69) is 4.98 Å². The molecule has 2 aliphatic rings. The van der Waals surface area contributed by atoms with Gasteiger partial charge in [0.1, 0.15) is 18.1 Å². The maximum atomic E-state index is 13.2. The van der Waals surface area contributed by atoms with Crippen LogP contribution in [-0.4, -0.2) is 30.8 Å². The molecule has 154 valence electrons. The lowest BCUT2D eigenvalue weighted by Gasteiger charge is -2.31. The summed E-state index contributed by atoms with van der Waals surface area (Å²) in [6, 6.07) is 4.38. The maximum Gasteiger partial charge on any atom is 0.343 e. The Kier molecular flexibility index (Phi) is 3.76. The van der Waals surface area contributed by atoms with Gasteiger partial charge in [-0.05, 0) is 24.5 Å². The number of aromatic nitrogens is 2. The number of pyridine rings is 2. The third-order valence-corrected chi connectivity index (χ3v) is 6.22. The maximum absolute atomic E-state index is 13.2. The van der Waals surface area contributed by atoms with Gasteiger partial charge in [-0.25, -0.2) is 9.78 Å². The third kappa shape index (κ3) is 2.22. The quantitative estimate of drug-likeness (QED) is 0.434. The van der Waals surface area contributed by atoms with Crippen LogP contribution in [0.1, 0.15) is 42.5 Å². The monoisotopic (exact) mass is 408 g/mol. The van der Waals surface area contributed by atoms with E-state index in [0.717, 1.165) is 11.1 Å². The number of phenolic OH excluding ortho intramolecular Hbond substituents is 2. The Morgan fingerprint density at radius 2 is 1.93 bits per heavy atom. The van der Waals surface area contributed by atoms with E-state index in [0.29, 0.717) is 28.7 Å². The summed E-state index contributed by atoms with van der Waals surface area (Å²) in [5.41, 5.74) is 1.39. The summed E-state index contributed by atoms with van der Waals surface area (Å²) in [7, 11) is 0. The molecular formula is C22H20N2O6. The molecule has 30 heavy (non-hydrogen) atoms. The van der Waals surface area contributed by atoms with Crippen LogP contribution >= 0.6 is 0 Å². The Bertz CT molecular complexity index is 1330. The van der Waals surface area contributed by atoms with Crippen molar-refractivity contribution in [2.24, 2.45) is 0 Å². The van der Waals surface area contributed by atoms with Crippen LogP contribution in [-0.2, 0) is 34.7 Å². The van der Waals surface area contributed by atoms with Gasteiger partial charge in [0.05, 0.1) is 29.0 Å². The van der Waals surface area contributed by atoms with Crippen LogP contribution in [0.2, 0.25) is 0 Å². The minimum absolute atomic E-state index is 0.0703. The van der Waals surface area contributed by atoms with E-state index in [1.807, 2.05) is 6.92 Å². The zero-order valence-corrected chi connectivity index (χ0v) is 16.5. The lowest BCUT2D eigenvalue weighted by atomic mass is 9.86. The molecule has 0 fully saturated rings. The van der Waals surface area contributed by atoms with Crippen molar-refractivity contribution in [1.29, 1.82) is 0 Å². The van der Waals surface area contributed by atoms with E-state index in [1.54, 1.807) is 17.6 Å². The third-order valence-electron chi connectivity index (χ3n) is 6.22. The molecule has 0 aliphatic carbocycles. The van der Waals surface area contributed by atoms with Gasteiger partial charge in [-0.3, -0.25) is 4.79 Å². The minimum Gasteiger partial charge on any atom is -0.508 e. The summed E-state index contributed by atoms with van der Waals surface area (Å²) in [4.78, 5) is 30.1. The number of aromatic hydroxyl groups is 2. The number of hydrogen-bond donors (Lipinski definition) is 3. The summed E-state index contributed by atoms with van der Waals surface area (Å²) >= 11 is 0. The number of rotatable bonds is 2. The molecule has 2 aromatic heterocycles. The largest absolute Gasteiger partial charge is 0.508 e. The fourth-order valence-corrected chi connectivity index (χ4v) is 4.66. The second-order valence-electron chi connectivity index (χ2n) is 7.73. The molecule has 3 N–H and O–H groups in total. The molecule has 1 atom stereocenters. The van der Waals surface area contributed by atoms with Gasteiger partial charge in [-0.2, -0.15) is 0 Å². The number of esters is 1. The fraction of sp³-hybridized carbons (Fsp3) is 0.318. The Balaban J connectivity index is 1.86. The number of carbonyl (C=O) groups is 1. The summed E-state index contributed by atoms with van der Waals surface area (Å²) in [6.45, 7) is 3.68. The molecule has 0 saturated carbocycles. The average molecular weight is 408 g/mol. The summed E-state index contributed by atoms with van der Waals surface area (Å²) < 4.78 is 6.64. The predicted octanol–water partition coefficient (Wildman–Crippen LogP) is 2.05. The highest BCUT2D eigenvalue weighted by molar-refractivity contribution is 5.93. The standard InChI is InChI=1S/C22H20N2O6/c1-3-11-12-8-24-16(19(12)23-15-5-10(25)6-17(26)18(11)15)7-14-13(20(24)27)9-30-21(28)22(14,29)4-2/h5-7,25-26,29H,3-4,8-9H2,1-2H3/t22-/m0/s1. The Morgan fingerprint density at radius 1 is 1.17 bits per heavy atom. The molecule has 5 rings (SSSR count). The van der Waals surface area contributed by atoms with Crippen molar-refractivity contribution in [2.45, 2.75) is 45.4 Å². The van der Waals surface area contributed by atoms with Gasteiger partial charge in [-0.15, -0.1) is 0 Å². The molecule has 1 aromatic carbocycles. The Hall–Kier alpha value is -3.39. The minimum atomic E-state index is -1.88. The molecule has 0 saturated heterocycles. The molecule has 2 aliphatic heterocycles. The van der Waals surface area contributed by atoms with Crippen molar-refractivity contribution in [1.82, 2.24) is 9.55 Å². The van der Waals surface area contributed by atoms with E-state index in [9.17, 15) is 24.9 Å². The van der Waals surface area contributed by atoms with Gasteiger partial charge >= 0.3 is 5.97 Å². The highest BCUT2D eigenvalue weighted by Gasteiger charge is 2.45. The average Bonchev–Trinajstić information content (AvgIpc) is 3.08. The van der Waals surface area contributed by atoms with Crippen LogP contribution < -0.4 is 5.56 Å². The van der Waals surface area contributed by atoms with E-state index in [1.165, 1.54) is 12.1 Å². The van der Waals surface area contributed by atoms with Crippen LogP contribution in [0, 0.1) is 0 Å². The Labute approximate surface area is 171 Å². The number of hydrogen-bond acceptors (Lipinski definition) is 7. The number of fused-ring (bicyclic) bond motifs is 5. The summed E-state index contributed by atoms with van der Waals surface area (Å²) in [5.74, 6) is -0.951. The van der Waals surface area contributed by atoms with Gasteiger partial charge in [0.2, 0.25) is 0 Å². The number of aryl methyl sites for hydroxylation is 1.